The third-order valence-electron chi connectivity index (χ3n) is 4.00. The SMILES string of the molecule is Cc1sccc1C(N)C1CCC(C(F)(F)F)CC1. The van der Waals surface area contributed by atoms with E-state index in [1.54, 1.807) is 11.3 Å². The van der Waals surface area contributed by atoms with Crippen molar-refractivity contribution in [3.63, 3.8) is 0 Å². The van der Waals surface area contributed by atoms with Crippen molar-refractivity contribution < 1.29 is 13.2 Å². The first-order valence-electron chi connectivity index (χ1n) is 6.26. The molecule has 0 spiro atoms. The van der Waals surface area contributed by atoms with E-state index in [0.717, 1.165) is 5.56 Å². The third-order valence-corrected chi connectivity index (χ3v) is 4.86. The lowest BCUT2D eigenvalue weighted by Crippen LogP contribution is -2.31. The van der Waals surface area contributed by atoms with Gasteiger partial charge in [0.25, 0.3) is 0 Å². The van der Waals surface area contributed by atoms with Crippen molar-refractivity contribution in [2.75, 3.05) is 0 Å². The van der Waals surface area contributed by atoms with Crippen LogP contribution in [0, 0.1) is 18.8 Å². The van der Waals surface area contributed by atoms with Crippen molar-refractivity contribution >= 4 is 11.3 Å². The predicted molar refractivity (Wildman–Crippen MR) is 67.5 cm³/mol. The van der Waals surface area contributed by atoms with E-state index < -0.39 is 12.1 Å². The summed E-state index contributed by atoms with van der Waals surface area (Å²) in [5, 5.41) is 1.99. The minimum Gasteiger partial charge on any atom is -0.324 e. The first kappa shape index (κ1) is 13.9. The molecule has 1 aliphatic rings. The van der Waals surface area contributed by atoms with Crippen LogP contribution in [0.2, 0.25) is 0 Å². The molecule has 0 aromatic carbocycles. The maximum Gasteiger partial charge on any atom is 0.391 e. The van der Waals surface area contributed by atoms with Crippen LogP contribution in [0.1, 0.15) is 42.2 Å². The highest BCUT2D eigenvalue weighted by molar-refractivity contribution is 7.10. The van der Waals surface area contributed by atoms with Crippen LogP contribution in [0.3, 0.4) is 0 Å². The maximum absolute atomic E-state index is 12.6. The molecule has 2 rings (SSSR count). The summed E-state index contributed by atoms with van der Waals surface area (Å²) in [6, 6.07) is 1.89. The van der Waals surface area contributed by atoms with Crippen LogP contribution >= 0.6 is 11.3 Å². The van der Waals surface area contributed by atoms with Gasteiger partial charge in [0.05, 0.1) is 5.92 Å². The minimum absolute atomic E-state index is 0.106. The Kier molecular flexibility index (Phi) is 4.02. The summed E-state index contributed by atoms with van der Waals surface area (Å²) in [4.78, 5) is 1.18. The molecule has 0 aliphatic heterocycles. The molecular weight excluding hydrogens is 259 g/mol. The van der Waals surface area contributed by atoms with Crippen molar-refractivity contribution in [1.82, 2.24) is 0 Å². The third kappa shape index (κ3) is 2.88. The summed E-state index contributed by atoms with van der Waals surface area (Å²) >= 11 is 1.64. The summed E-state index contributed by atoms with van der Waals surface area (Å²) in [7, 11) is 0. The second-order valence-corrected chi connectivity index (χ2v) is 6.23. The molecule has 1 saturated carbocycles. The van der Waals surface area contributed by atoms with Crippen LogP contribution in [0.4, 0.5) is 13.2 Å². The summed E-state index contributed by atoms with van der Waals surface area (Å²) in [5.41, 5.74) is 7.30. The second kappa shape index (κ2) is 5.21. The lowest BCUT2D eigenvalue weighted by Gasteiger charge is -2.33. The molecule has 0 radical (unpaired) electrons. The van der Waals surface area contributed by atoms with Gasteiger partial charge in [-0.25, -0.2) is 0 Å². The number of thiophene rings is 1. The summed E-state index contributed by atoms with van der Waals surface area (Å²) in [6.07, 6.45) is -2.41. The first-order valence-corrected chi connectivity index (χ1v) is 7.14. The highest BCUT2D eigenvalue weighted by Gasteiger charge is 2.42. The van der Waals surface area contributed by atoms with Crippen LogP contribution < -0.4 is 5.73 Å². The second-order valence-electron chi connectivity index (χ2n) is 5.11. The molecule has 1 aliphatic carbocycles. The standard InChI is InChI=1S/C13H18F3NS/c1-8-11(6-7-18-8)12(17)9-2-4-10(5-3-9)13(14,15)16/h6-7,9-10,12H,2-5,17H2,1H3. The number of halogens is 3. The molecule has 0 bridgehead atoms. The molecule has 1 aromatic heterocycles. The van der Waals surface area contributed by atoms with E-state index in [0.29, 0.717) is 12.8 Å². The largest absolute Gasteiger partial charge is 0.391 e. The van der Waals surface area contributed by atoms with Crippen molar-refractivity contribution in [2.45, 2.75) is 44.8 Å². The molecule has 2 N–H and O–H groups in total. The van der Waals surface area contributed by atoms with Crippen LogP contribution in [0.25, 0.3) is 0 Å². The Morgan fingerprint density at radius 3 is 2.33 bits per heavy atom. The van der Waals surface area contributed by atoms with Crippen molar-refractivity contribution in [2.24, 2.45) is 17.6 Å². The Balaban J connectivity index is 1.96. The van der Waals surface area contributed by atoms with Gasteiger partial charge in [0.2, 0.25) is 0 Å². The van der Waals surface area contributed by atoms with Crippen LogP contribution in [0.15, 0.2) is 11.4 Å². The van der Waals surface area contributed by atoms with Gasteiger partial charge in [-0.2, -0.15) is 13.2 Å². The Hall–Kier alpha value is -0.550. The van der Waals surface area contributed by atoms with E-state index in [1.807, 2.05) is 18.4 Å². The molecule has 1 atom stereocenters. The lowest BCUT2D eigenvalue weighted by molar-refractivity contribution is -0.184. The van der Waals surface area contributed by atoms with Gasteiger partial charge in [-0.1, -0.05) is 0 Å². The molecule has 18 heavy (non-hydrogen) atoms. The van der Waals surface area contributed by atoms with Gasteiger partial charge in [0.1, 0.15) is 0 Å². The summed E-state index contributed by atoms with van der Waals surface area (Å²) in [5.74, 6) is -0.929. The number of hydrogen-bond donors (Lipinski definition) is 1. The molecular formula is C13H18F3NS. The lowest BCUT2D eigenvalue weighted by atomic mass is 9.77. The minimum atomic E-state index is -4.03. The van der Waals surface area contributed by atoms with Gasteiger partial charge < -0.3 is 5.73 Å². The Bertz CT molecular complexity index is 391. The van der Waals surface area contributed by atoms with Crippen molar-refractivity contribution in [3.05, 3.63) is 21.9 Å². The summed E-state index contributed by atoms with van der Waals surface area (Å²) in [6.45, 7) is 2.02. The van der Waals surface area contributed by atoms with Gasteiger partial charge in [0.15, 0.2) is 0 Å². The molecule has 0 saturated heterocycles. The van der Waals surface area contributed by atoms with Crippen LogP contribution in [0.5, 0.6) is 0 Å². The Morgan fingerprint density at radius 1 is 1.28 bits per heavy atom. The smallest absolute Gasteiger partial charge is 0.324 e. The van der Waals surface area contributed by atoms with Gasteiger partial charge in [-0.05, 0) is 55.5 Å². The highest BCUT2D eigenvalue weighted by atomic mass is 32.1. The fourth-order valence-corrected chi connectivity index (χ4v) is 3.56. The quantitative estimate of drug-likeness (QED) is 0.850. The van der Waals surface area contributed by atoms with E-state index in [4.69, 9.17) is 5.73 Å². The number of rotatable bonds is 2. The van der Waals surface area contributed by atoms with E-state index in [-0.39, 0.29) is 24.8 Å². The average Bonchev–Trinajstić information content (AvgIpc) is 2.73. The number of hydrogen-bond acceptors (Lipinski definition) is 2. The molecule has 1 unspecified atom stereocenters. The van der Waals surface area contributed by atoms with E-state index in [2.05, 4.69) is 0 Å². The van der Waals surface area contributed by atoms with E-state index >= 15 is 0 Å². The Morgan fingerprint density at radius 2 is 1.89 bits per heavy atom. The Labute approximate surface area is 109 Å². The van der Waals surface area contributed by atoms with Gasteiger partial charge in [-0.15, -0.1) is 11.3 Å². The molecule has 102 valence electrons. The summed E-state index contributed by atoms with van der Waals surface area (Å²) < 4.78 is 37.7. The van der Waals surface area contributed by atoms with E-state index in [1.165, 1.54) is 4.88 Å². The molecule has 0 amide bonds. The molecule has 1 aromatic rings. The zero-order valence-electron chi connectivity index (χ0n) is 10.3. The fraction of sp³-hybridized carbons (Fsp3) is 0.692. The normalized spacial score (nSPS) is 27.2. The van der Waals surface area contributed by atoms with Gasteiger partial charge in [0, 0.05) is 10.9 Å². The molecule has 1 heterocycles. The van der Waals surface area contributed by atoms with Crippen molar-refractivity contribution in [1.29, 1.82) is 0 Å². The van der Waals surface area contributed by atoms with Gasteiger partial charge >= 0.3 is 6.18 Å². The molecule has 5 heteroatoms. The fourth-order valence-electron chi connectivity index (χ4n) is 2.80. The van der Waals surface area contributed by atoms with Crippen LogP contribution in [-0.2, 0) is 0 Å². The monoisotopic (exact) mass is 277 g/mol. The number of nitrogens with two attached hydrogens (primary N) is 1. The highest BCUT2D eigenvalue weighted by Crippen LogP contribution is 2.43. The maximum atomic E-state index is 12.6. The molecule has 1 nitrogen and oxygen atoms in total. The topological polar surface area (TPSA) is 26.0 Å². The zero-order chi connectivity index (χ0) is 13.3. The predicted octanol–water partition coefficient (Wildman–Crippen LogP) is 4.43. The average molecular weight is 277 g/mol. The van der Waals surface area contributed by atoms with Crippen molar-refractivity contribution in [3.8, 4) is 0 Å². The zero-order valence-corrected chi connectivity index (χ0v) is 11.2. The van der Waals surface area contributed by atoms with Gasteiger partial charge in [-0.3, -0.25) is 0 Å². The molecule has 1 fully saturated rings. The first-order chi connectivity index (χ1) is 8.39. The number of aryl methyl sites for hydroxylation is 1. The van der Waals surface area contributed by atoms with E-state index in [9.17, 15) is 13.2 Å². The number of alkyl halides is 3. The van der Waals surface area contributed by atoms with Crippen LogP contribution in [-0.4, -0.2) is 6.18 Å².